The molecular formula is C13H18ClFN2O2S. The van der Waals surface area contributed by atoms with Crippen LogP contribution in [0.15, 0.2) is 23.1 Å². The van der Waals surface area contributed by atoms with Crippen molar-refractivity contribution in [3.8, 4) is 0 Å². The molecule has 0 saturated carbocycles. The van der Waals surface area contributed by atoms with Gasteiger partial charge in [-0.15, -0.1) is 0 Å². The third-order valence-corrected chi connectivity index (χ3v) is 5.57. The molecule has 20 heavy (non-hydrogen) atoms. The molecule has 0 spiro atoms. The molecule has 0 radical (unpaired) electrons. The molecule has 0 aliphatic carbocycles. The lowest BCUT2D eigenvalue weighted by Crippen LogP contribution is -2.42. The fourth-order valence-corrected chi connectivity index (χ4v) is 3.98. The summed E-state index contributed by atoms with van der Waals surface area (Å²) in [7, 11) is -3.71. The minimum absolute atomic E-state index is 0.0647. The van der Waals surface area contributed by atoms with Crippen LogP contribution in [0.5, 0.6) is 0 Å². The van der Waals surface area contributed by atoms with Gasteiger partial charge in [0.1, 0.15) is 10.7 Å². The number of hydrogen-bond donors (Lipinski definition) is 2. The Morgan fingerprint density at radius 3 is 2.65 bits per heavy atom. The highest BCUT2D eigenvalue weighted by Gasteiger charge is 2.29. The van der Waals surface area contributed by atoms with Crippen molar-refractivity contribution in [3.05, 3.63) is 29.0 Å². The van der Waals surface area contributed by atoms with E-state index in [2.05, 4.69) is 17.0 Å². The minimum atomic E-state index is -3.71. The number of nitrogens with one attached hydrogen (secondary N) is 2. The van der Waals surface area contributed by atoms with Gasteiger partial charge in [0.15, 0.2) is 0 Å². The molecule has 1 saturated heterocycles. The molecule has 4 nitrogen and oxygen atoms in total. The SMILES string of the molecule is CC1(CNS(=O)(=O)c2ccc(F)cc2Cl)CCNCC1. The molecule has 1 fully saturated rings. The van der Waals surface area contributed by atoms with Crippen molar-refractivity contribution < 1.29 is 12.8 Å². The smallest absolute Gasteiger partial charge is 0.242 e. The maximum Gasteiger partial charge on any atom is 0.242 e. The Morgan fingerprint density at radius 1 is 1.40 bits per heavy atom. The van der Waals surface area contributed by atoms with Crippen LogP contribution in [0.1, 0.15) is 19.8 Å². The molecule has 0 unspecified atom stereocenters. The van der Waals surface area contributed by atoms with Gasteiger partial charge in [0.05, 0.1) is 5.02 Å². The summed E-state index contributed by atoms with van der Waals surface area (Å²) in [5.74, 6) is -0.556. The molecular weight excluding hydrogens is 303 g/mol. The molecule has 1 aliphatic rings. The van der Waals surface area contributed by atoms with E-state index in [0.717, 1.165) is 38.1 Å². The van der Waals surface area contributed by atoms with Crippen molar-refractivity contribution in [1.29, 1.82) is 0 Å². The molecule has 1 heterocycles. The Hall–Kier alpha value is -0.690. The Labute approximate surface area is 123 Å². The number of piperidine rings is 1. The van der Waals surface area contributed by atoms with Gasteiger partial charge in [-0.2, -0.15) is 0 Å². The summed E-state index contributed by atoms with van der Waals surface area (Å²) in [5.41, 5.74) is -0.0647. The average Bonchev–Trinajstić information content (AvgIpc) is 2.37. The maximum atomic E-state index is 13.0. The standard InChI is InChI=1S/C13H18ClFN2O2S/c1-13(4-6-16-7-5-13)9-17-20(18,19)12-3-2-10(15)8-11(12)14/h2-3,8,16-17H,4-7,9H2,1H3. The molecule has 1 aromatic rings. The van der Waals surface area contributed by atoms with Crippen LogP contribution in [0.2, 0.25) is 5.02 Å². The van der Waals surface area contributed by atoms with E-state index in [1.807, 2.05) is 0 Å². The van der Waals surface area contributed by atoms with Crippen LogP contribution < -0.4 is 10.0 Å². The van der Waals surface area contributed by atoms with Crippen molar-refractivity contribution in [2.45, 2.75) is 24.7 Å². The van der Waals surface area contributed by atoms with E-state index in [1.165, 1.54) is 6.07 Å². The van der Waals surface area contributed by atoms with Crippen LogP contribution in [-0.4, -0.2) is 28.1 Å². The topological polar surface area (TPSA) is 58.2 Å². The second-order valence-corrected chi connectivity index (χ2v) is 7.60. The third kappa shape index (κ3) is 3.69. The van der Waals surface area contributed by atoms with Crippen molar-refractivity contribution in [2.24, 2.45) is 5.41 Å². The zero-order valence-electron chi connectivity index (χ0n) is 11.2. The van der Waals surface area contributed by atoms with Crippen LogP contribution in [0.3, 0.4) is 0 Å². The maximum absolute atomic E-state index is 13.0. The van der Waals surface area contributed by atoms with Gasteiger partial charge in [-0.3, -0.25) is 0 Å². The Bertz CT molecular complexity index is 586. The molecule has 0 bridgehead atoms. The van der Waals surface area contributed by atoms with E-state index in [-0.39, 0.29) is 15.3 Å². The predicted molar refractivity (Wildman–Crippen MR) is 76.8 cm³/mol. The zero-order valence-corrected chi connectivity index (χ0v) is 12.8. The summed E-state index contributed by atoms with van der Waals surface area (Å²) in [6, 6.07) is 3.28. The lowest BCUT2D eigenvalue weighted by atomic mass is 9.81. The van der Waals surface area contributed by atoms with Crippen LogP contribution in [0.25, 0.3) is 0 Å². The minimum Gasteiger partial charge on any atom is -0.317 e. The summed E-state index contributed by atoms with van der Waals surface area (Å²) in [5, 5.41) is 3.14. The van der Waals surface area contributed by atoms with E-state index in [1.54, 1.807) is 0 Å². The fraction of sp³-hybridized carbons (Fsp3) is 0.538. The molecule has 7 heteroatoms. The first-order chi connectivity index (χ1) is 9.32. The Kier molecular flexibility index (Phi) is 4.69. The van der Waals surface area contributed by atoms with E-state index >= 15 is 0 Å². The van der Waals surface area contributed by atoms with Crippen molar-refractivity contribution in [3.63, 3.8) is 0 Å². The molecule has 0 atom stereocenters. The lowest BCUT2D eigenvalue weighted by Gasteiger charge is -2.34. The number of rotatable bonds is 4. The van der Waals surface area contributed by atoms with Crippen LogP contribution >= 0.6 is 11.6 Å². The van der Waals surface area contributed by atoms with Crippen LogP contribution in [0.4, 0.5) is 4.39 Å². The number of benzene rings is 1. The third-order valence-electron chi connectivity index (χ3n) is 3.68. The Morgan fingerprint density at radius 2 is 2.05 bits per heavy atom. The normalized spacial score (nSPS) is 18.9. The highest BCUT2D eigenvalue weighted by molar-refractivity contribution is 7.89. The first kappa shape index (κ1) is 15.7. The van der Waals surface area contributed by atoms with E-state index in [9.17, 15) is 12.8 Å². The van der Waals surface area contributed by atoms with Gasteiger partial charge in [0, 0.05) is 6.54 Å². The quantitative estimate of drug-likeness (QED) is 0.893. The van der Waals surface area contributed by atoms with Crippen molar-refractivity contribution >= 4 is 21.6 Å². The summed E-state index contributed by atoms with van der Waals surface area (Å²) in [6.07, 6.45) is 1.82. The van der Waals surface area contributed by atoms with Gasteiger partial charge in [-0.1, -0.05) is 18.5 Å². The van der Waals surface area contributed by atoms with E-state index in [0.29, 0.717) is 6.54 Å². The number of sulfonamides is 1. The summed E-state index contributed by atoms with van der Waals surface area (Å²) >= 11 is 5.80. The second kappa shape index (κ2) is 5.97. The number of hydrogen-bond acceptors (Lipinski definition) is 3. The second-order valence-electron chi connectivity index (χ2n) is 5.46. The Balaban J connectivity index is 2.11. The molecule has 0 amide bonds. The number of halogens is 2. The highest BCUT2D eigenvalue weighted by atomic mass is 35.5. The van der Waals surface area contributed by atoms with Crippen LogP contribution in [0, 0.1) is 11.2 Å². The molecule has 1 aromatic carbocycles. The zero-order chi connectivity index (χ0) is 14.8. The first-order valence-corrected chi connectivity index (χ1v) is 8.34. The largest absolute Gasteiger partial charge is 0.317 e. The lowest BCUT2D eigenvalue weighted by molar-refractivity contribution is 0.232. The van der Waals surface area contributed by atoms with E-state index < -0.39 is 15.8 Å². The van der Waals surface area contributed by atoms with Gasteiger partial charge < -0.3 is 5.32 Å². The summed E-state index contributed by atoms with van der Waals surface area (Å²) in [4.78, 5) is -0.0851. The van der Waals surface area contributed by atoms with Crippen LogP contribution in [-0.2, 0) is 10.0 Å². The van der Waals surface area contributed by atoms with Gasteiger partial charge in [-0.25, -0.2) is 17.5 Å². The molecule has 2 rings (SSSR count). The van der Waals surface area contributed by atoms with Gasteiger partial charge in [0.2, 0.25) is 10.0 Å². The first-order valence-electron chi connectivity index (χ1n) is 6.48. The molecule has 1 aliphatic heterocycles. The fourth-order valence-electron chi connectivity index (χ4n) is 2.25. The summed E-state index contributed by atoms with van der Waals surface area (Å²) < 4.78 is 40.0. The average molecular weight is 321 g/mol. The highest BCUT2D eigenvalue weighted by Crippen LogP contribution is 2.28. The van der Waals surface area contributed by atoms with Gasteiger partial charge in [0.25, 0.3) is 0 Å². The predicted octanol–water partition coefficient (Wildman–Crippen LogP) is 2.15. The monoisotopic (exact) mass is 320 g/mol. The van der Waals surface area contributed by atoms with Crippen molar-refractivity contribution in [2.75, 3.05) is 19.6 Å². The van der Waals surface area contributed by atoms with Crippen molar-refractivity contribution in [1.82, 2.24) is 10.0 Å². The summed E-state index contributed by atoms with van der Waals surface area (Å²) in [6.45, 7) is 4.18. The molecule has 112 valence electrons. The molecule has 2 N–H and O–H groups in total. The van der Waals surface area contributed by atoms with E-state index in [4.69, 9.17) is 11.6 Å². The molecule has 0 aromatic heterocycles. The van der Waals surface area contributed by atoms with Gasteiger partial charge >= 0.3 is 0 Å². The van der Waals surface area contributed by atoms with Gasteiger partial charge in [-0.05, 0) is 49.5 Å².